The molecule has 9 rings (SSSR count). The molecule has 1 unspecified atom stereocenters. The van der Waals surface area contributed by atoms with Crippen LogP contribution in [0.1, 0.15) is 83.3 Å². The van der Waals surface area contributed by atoms with E-state index in [-0.39, 0.29) is 48.7 Å². The van der Waals surface area contributed by atoms with Crippen molar-refractivity contribution in [2.45, 2.75) is 71.8 Å². The van der Waals surface area contributed by atoms with Crippen LogP contribution in [0.5, 0.6) is 0 Å². The van der Waals surface area contributed by atoms with Gasteiger partial charge in [-0.05, 0) is 54.6 Å². The number of rotatable bonds is 8. The van der Waals surface area contributed by atoms with Crippen molar-refractivity contribution in [3.8, 4) is 33.8 Å². The summed E-state index contributed by atoms with van der Waals surface area (Å²) in [4.78, 5) is 81.2. The highest BCUT2D eigenvalue weighted by Crippen LogP contribution is 2.36. The monoisotopic (exact) mass is 790 g/mol. The molecule has 1 fully saturated rings. The summed E-state index contributed by atoms with van der Waals surface area (Å²) in [6, 6.07) is 17.8. The number of aryl methyl sites for hydroxylation is 2. The lowest BCUT2D eigenvalue weighted by Crippen LogP contribution is -2.52. The number of imide groups is 1. The van der Waals surface area contributed by atoms with Gasteiger partial charge in [-0.2, -0.15) is 5.10 Å². The van der Waals surface area contributed by atoms with Crippen LogP contribution >= 0.6 is 0 Å². The number of nitrogens with zero attached hydrogens (tertiary/aromatic N) is 8. The molecule has 0 aliphatic carbocycles. The topological polar surface area (TPSA) is 177 Å². The predicted molar refractivity (Wildman–Crippen MR) is 217 cm³/mol. The number of piperidine rings is 1. The molecule has 298 valence electrons. The van der Waals surface area contributed by atoms with Gasteiger partial charge in [0.15, 0.2) is 0 Å². The summed E-state index contributed by atoms with van der Waals surface area (Å²) in [6.07, 6.45) is 4.75. The van der Waals surface area contributed by atoms with E-state index in [1.54, 1.807) is 43.0 Å². The molecule has 4 aromatic heterocycles. The van der Waals surface area contributed by atoms with Crippen molar-refractivity contribution >= 4 is 40.3 Å². The average molecular weight is 791 g/mol. The fraction of sp³-hybridized carbons (Fsp3) is 0.295. The van der Waals surface area contributed by atoms with Gasteiger partial charge in [-0.25, -0.2) is 4.98 Å². The standard InChI is InChI=1S/C44H42N10O5/c1-5-39-48-41(38-23-52(25(3)55)16-17-53(38)39)29-10-6-8-26-18-34(46-21-31(26)29)27-12-13-33(45-20-27)42(57)47-24(2)37-19-35(50-51(37)4)28-9-7-11-30-32(28)22-54(44(30)59)36-14-15-40(56)49-43(36)58/h6-13,18-21,24,36H,5,14-17,22-23H2,1-4H3,(H,47,57)(H,49,56,58)/t24-,36?/m1/s1. The lowest BCUT2D eigenvalue weighted by Gasteiger charge is -2.29. The first-order chi connectivity index (χ1) is 28.5. The van der Waals surface area contributed by atoms with Gasteiger partial charge in [0.1, 0.15) is 17.6 Å². The number of hydrogen-bond donors (Lipinski definition) is 2. The molecule has 0 bridgehead atoms. The molecular formula is C44H42N10O5. The van der Waals surface area contributed by atoms with Crippen LogP contribution in [0.3, 0.4) is 0 Å². The second kappa shape index (κ2) is 14.7. The third-order valence-electron chi connectivity index (χ3n) is 11.7. The Kier molecular flexibility index (Phi) is 9.37. The van der Waals surface area contributed by atoms with Crippen molar-refractivity contribution < 1.29 is 24.0 Å². The number of aromatic nitrogens is 6. The Labute approximate surface area is 339 Å². The first kappa shape index (κ1) is 37.5. The van der Waals surface area contributed by atoms with Crippen molar-refractivity contribution in [2.75, 3.05) is 6.54 Å². The van der Waals surface area contributed by atoms with Crippen LogP contribution in [0.2, 0.25) is 0 Å². The van der Waals surface area contributed by atoms with Gasteiger partial charge >= 0.3 is 0 Å². The lowest BCUT2D eigenvalue weighted by molar-refractivity contribution is -0.137. The fourth-order valence-electron chi connectivity index (χ4n) is 8.60. The summed E-state index contributed by atoms with van der Waals surface area (Å²) < 4.78 is 3.95. The molecule has 15 nitrogen and oxygen atoms in total. The van der Waals surface area contributed by atoms with Crippen molar-refractivity contribution in [2.24, 2.45) is 7.05 Å². The number of amides is 5. The first-order valence-corrected chi connectivity index (χ1v) is 19.8. The van der Waals surface area contributed by atoms with Crippen LogP contribution in [0.15, 0.2) is 73.1 Å². The van der Waals surface area contributed by atoms with Gasteiger partial charge in [-0.3, -0.25) is 43.9 Å². The quantitative estimate of drug-likeness (QED) is 0.206. The van der Waals surface area contributed by atoms with Gasteiger partial charge in [0, 0.05) is 86.5 Å². The molecule has 0 saturated carbocycles. The number of carbonyl (C=O) groups excluding carboxylic acids is 5. The maximum Gasteiger partial charge on any atom is 0.270 e. The minimum absolute atomic E-state index is 0.0511. The van der Waals surface area contributed by atoms with Gasteiger partial charge in [0.2, 0.25) is 17.7 Å². The zero-order valence-electron chi connectivity index (χ0n) is 33.2. The van der Waals surface area contributed by atoms with Crippen LogP contribution in [0, 0.1) is 0 Å². The van der Waals surface area contributed by atoms with E-state index in [1.807, 2.05) is 54.4 Å². The van der Waals surface area contributed by atoms with E-state index in [2.05, 4.69) is 33.2 Å². The zero-order chi connectivity index (χ0) is 41.1. The third-order valence-corrected chi connectivity index (χ3v) is 11.7. The smallest absolute Gasteiger partial charge is 0.270 e. The van der Waals surface area contributed by atoms with Gasteiger partial charge < -0.3 is 19.7 Å². The molecule has 0 radical (unpaired) electrons. The summed E-state index contributed by atoms with van der Waals surface area (Å²) in [5.41, 5.74) is 7.98. The molecule has 1 saturated heterocycles. The number of imidazole rings is 1. The molecule has 2 aromatic carbocycles. The van der Waals surface area contributed by atoms with E-state index in [9.17, 15) is 24.0 Å². The van der Waals surface area contributed by atoms with E-state index in [0.717, 1.165) is 68.9 Å². The minimum atomic E-state index is -0.717. The summed E-state index contributed by atoms with van der Waals surface area (Å²) in [5, 5.41) is 12.1. The Morgan fingerprint density at radius 2 is 1.73 bits per heavy atom. The van der Waals surface area contributed by atoms with Crippen molar-refractivity contribution in [1.82, 2.24) is 49.7 Å². The van der Waals surface area contributed by atoms with Gasteiger partial charge in [0.05, 0.1) is 41.1 Å². The molecule has 5 amide bonds. The molecule has 2 N–H and O–H groups in total. The molecule has 6 aromatic rings. The molecule has 59 heavy (non-hydrogen) atoms. The minimum Gasteiger partial charge on any atom is -0.343 e. The largest absolute Gasteiger partial charge is 0.343 e. The van der Waals surface area contributed by atoms with Crippen LogP contribution in [0.4, 0.5) is 0 Å². The second-order valence-corrected chi connectivity index (χ2v) is 15.3. The van der Waals surface area contributed by atoms with E-state index in [1.165, 1.54) is 4.90 Å². The average Bonchev–Trinajstić information content (AvgIpc) is 3.92. The van der Waals surface area contributed by atoms with Gasteiger partial charge in [0.25, 0.3) is 11.8 Å². The molecule has 3 aliphatic heterocycles. The summed E-state index contributed by atoms with van der Waals surface area (Å²) in [6.45, 7) is 7.69. The highest BCUT2D eigenvalue weighted by Gasteiger charge is 2.40. The van der Waals surface area contributed by atoms with Crippen molar-refractivity contribution in [3.05, 3.63) is 107 Å². The van der Waals surface area contributed by atoms with Crippen molar-refractivity contribution in [1.29, 1.82) is 0 Å². The number of pyridine rings is 2. The third kappa shape index (κ3) is 6.61. The normalized spacial score (nSPS) is 16.9. The molecule has 0 spiro atoms. The highest BCUT2D eigenvalue weighted by atomic mass is 16.2. The van der Waals surface area contributed by atoms with Crippen LogP contribution in [0.25, 0.3) is 44.5 Å². The summed E-state index contributed by atoms with van der Waals surface area (Å²) in [7, 11) is 1.80. The maximum atomic E-state index is 13.5. The molecule has 2 atom stereocenters. The number of fused-ring (bicyclic) bond motifs is 3. The first-order valence-electron chi connectivity index (χ1n) is 19.8. The van der Waals surface area contributed by atoms with E-state index < -0.39 is 18.0 Å². The second-order valence-electron chi connectivity index (χ2n) is 15.3. The fourth-order valence-corrected chi connectivity index (χ4v) is 8.60. The van der Waals surface area contributed by atoms with E-state index in [0.29, 0.717) is 30.0 Å². The highest BCUT2D eigenvalue weighted by molar-refractivity contribution is 6.06. The van der Waals surface area contributed by atoms with Gasteiger partial charge in [-0.1, -0.05) is 37.3 Å². The Balaban J connectivity index is 0.906. The molecule has 3 aliphatic rings. The summed E-state index contributed by atoms with van der Waals surface area (Å²) >= 11 is 0. The van der Waals surface area contributed by atoms with E-state index in [4.69, 9.17) is 15.1 Å². The predicted octanol–water partition coefficient (Wildman–Crippen LogP) is 4.74. The maximum absolute atomic E-state index is 13.5. The van der Waals surface area contributed by atoms with Crippen LogP contribution in [-0.4, -0.2) is 81.2 Å². The Morgan fingerprint density at radius 3 is 2.49 bits per heavy atom. The molecular weight excluding hydrogens is 749 g/mol. The van der Waals surface area contributed by atoms with Crippen LogP contribution < -0.4 is 10.6 Å². The Hall–Kier alpha value is -7.03. The number of carbonyl (C=O) groups is 5. The zero-order valence-corrected chi connectivity index (χ0v) is 33.2. The lowest BCUT2D eigenvalue weighted by atomic mass is 10.0. The number of benzene rings is 2. The molecule has 15 heteroatoms. The number of nitrogens with one attached hydrogen (secondary N) is 2. The van der Waals surface area contributed by atoms with Crippen LogP contribution in [-0.2, 0) is 47.5 Å². The van der Waals surface area contributed by atoms with Crippen molar-refractivity contribution in [3.63, 3.8) is 0 Å². The summed E-state index contributed by atoms with van der Waals surface area (Å²) in [5.74, 6) is -0.347. The Bertz CT molecular complexity index is 2730. The Morgan fingerprint density at radius 1 is 0.932 bits per heavy atom. The SMILES string of the molecule is CCc1nc(-c2cccc3cc(-c4ccc(C(=O)N[C@H](C)c5cc(-c6cccc7c6CN(C6CCC(=O)NC6=O)C7=O)nn5C)nc4)ncc23)c2n1CCN(C(C)=O)C2. The number of hydrogen-bond acceptors (Lipinski definition) is 9. The molecule has 7 heterocycles. The van der Waals surface area contributed by atoms with Gasteiger partial charge in [-0.15, -0.1) is 0 Å². The van der Waals surface area contributed by atoms with E-state index >= 15 is 0 Å².